The van der Waals surface area contributed by atoms with E-state index in [9.17, 15) is 4.79 Å². The number of carbonyl (C=O) groups excluding carboxylic acids is 1. The van der Waals surface area contributed by atoms with E-state index in [-0.39, 0.29) is 5.91 Å². The summed E-state index contributed by atoms with van der Waals surface area (Å²) >= 11 is 0. The van der Waals surface area contributed by atoms with Crippen LogP contribution >= 0.6 is 0 Å². The summed E-state index contributed by atoms with van der Waals surface area (Å²) in [5.41, 5.74) is 0. The molecule has 1 amide bonds. The highest BCUT2D eigenvalue weighted by Gasteiger charge is 1.78. The third kappa shape index (κ3) is 51.3. The van der Waals surface area contributed by atoms with Crippen LogP contribution in [0.15, 0.2) is 0 Å². The maximum atomic E-state index is 9.93. The lowest BCUT2D eigenvalue weighted by molar-refractivity contribution is -0.118. The van der Waals surface area contributed by atoms with Crippen LogP contribution in [0.3, 0.4) is 0 Å². The minimum absolute atomic E-state index is 0.0394. The van der Waals surface area contributed by atoms with E-state index in [2.05, 4.69) is 5.32 Å². The Morgan fingerprint density at radius 1 is 1.20 bits per heavy atom. The normalized spacial score (nSPS) is 5.80. The summed E-state index contributed by atoms with van der Waals surface area (Å²) in [6.45, 7) is 12.1. The van der Waals surface area contributed by atoms with E-state index in [4.69, 9.17) is 0 Å². The van der Waals surface area contributed by atoms with Gasteiger partial charge in [0, 0.05) is 13.5 Å². The zero-order valence-electron chi connectivity index (χ0n) is 8.12. The van der Waals surface area contributed by atoms with Crippen molar-refractivity contribution in [3.8, 4) is 0 Å². The highest BCUT2D eigenvalue weighted by atomic mass is 16.1. The summed E-state index contributed by atoms with van der Waals surface area (Å²) in [6, 6.07) is 0. The van der Waals surface area contributed by atoms with Gasteiger partial charge in [0.2, 0.25) is 5.91 Å². The van der Waals surface area contributed by atoms with Crippen LogP contribution in [0.4, 0.5) is 0 Å². The molecule has 10 heavy (non-hydrogen) atoms. The van der Waals surface area contributed by atoms with Crippen LogP contribution in [0, 0.1) is 0 Å². The quantitative estimate of drug-likeness (QED) is 0.605. The standard InChI is InChI=1S/C4H9NO.2C2H6/c1-3-5-4(2)6;2*1-2/h3H2,1-2H3,(H,5,6);2*1-2H3. The number of rotatable bonds is 1. The molecular weight excluding hydrogens is 126 g/mol. The van der Waals surface area contributed by atoms with Crippen LogP contribution in [0.2, 0.25) is 0 Å². The molecule has 0 fully saturated rings. The van der Waals surface area contributed by atoms with Crippen LogP contribution in [0.1, 0.15) is 41.5 Å². The van der Waals surface area contributed by atoms with Crippen molar-refractivity contribution in [2.75, 3.05) is 6.54 Å². The first-order chi connectivity index (χ1) is 4.77. The molecule has 0 aliphatic rings. The Morgan fingerprint density at radius 3 is 1.50 bits per heavy atom. The largest absolute Gasteiger partial charge is 0.357 e. The van der Waals surface area contributed by atoms with Gasteiger partial charge in [-0.3, -0.25) is 4.79 Å². The van der Waals surface area contributed by atoms with E-state index >= 15 is 0 Å². The van der Waals surface area contributed by atoms with Gasteiger partial charge in [-0.05, 0) is 6.92 Å². The number of carbonyl (C=O) groups is 1. The number of nitrogens with one attached hydrogen (secondary N) is 1. The second-order valence-electron chi connectivity index (χ2n) is 1.09. The van der Waals surface area contributed by atoms with E-state index in [1.165, 1.54) is 6.92 Å². The fourth-order valence-electron chi connectivity index (χ4n) is 0.249. The van der Waals surface area contributed by atoms with Crippen molar-refractivity contribution in [2.24, 2.45) is 0 Å². The first kappa shape index (κ1) is 16.2. The highest BCUT2D eigenvalue weighted by Crippen LogP contribution is 1.54. The third-order valence-electron chi connectivity index (χ3n) is 0.426. The Kier molecular flexibility index (Phi) is 38.4. The van der Waals surface area contributed by atoms with Crippen molar-refractivity contribution in [2.45, 2.75) is 41.5 Å². The molecule has 0 radical (unpaired) electrons. The lowest BCUT2D eigenvalue weighted by Crippen LogP contribution is -2.18. The predicted octanol–water partition coefficient (Wildman–Crippen LogP) is 2.19. The van der Waals surface area contributed by atoms with Gasteiger partial charge in [-0.1, -0.05) is 27.7 Å². The third-order valence-corrected chi connectivity index (χ3v) is 0.426. The Balaban J connectivity index is -0.000000105. The molecule has 0 saturated carbocycles. The number of hydrogen-bond donors (Lipinski definition) is 1. The zero-order valence-corrected chi connectivity index (χ0v) is 8.12. The molecule has 0 bridgehead atoms. The molecule has 0 atom stereocenters. The molecular formula is C8H21NO. The van der Waals surface area contributed by atoms with Crippen LogP contribution in [-0.2, 0) is 4.79 Å². The van der Waals surface area contributed by atoms with Crippen LogP contribution in [-0.4, -0.2) is 12.5 Å². The molecule has 0 saturated heterocycles. The van der Waals surface area contributed by atoms with Gasteiger partial charge in [0.05, 0.1) is 0 Å². The summed E-state index contributed by atoms with van der Waals surface area (Å²) in [7, 11) is 0. The monoisotopic (exact) mass is 147 g/mol. The fraction of sp³-hybridized carbons (Fsp3) is 0.875. The second kappa shape index (κ2) is 23.7. The van der Waals surface area contributed by atoms with Crippen LogP contribution in [0.5, 0.6) is 0 Å². The summed E-state index contributed by atoms with van der Waals surface area (Å²) in [5, 5.41) is 2.57. The van der Waals surface area contributed by atoms with Gasteiger partial charge in [0.1, 0.15) is 0 Å². The predicted molar refractivity (Wildman–Crippen MR) is 47.1 cm³/mol. The molecule has 0 aromatic rings. The number of hydrogen-bond acceptors (Lipinski definition) is 1. The van der Waals surface area contributed by atoms with Gasteiger partial charge in [0.15, 0.2) is 0 Å². The topological polar surface area (TPSA) is 29.1 Å². The minimum atomic E-state index is 0.0394. The molecule has 0 aromatic carbocycles. The molecule has 0 rings (SSSR count). The summed E-state index contributed by atoms with van der Waals surface area (Å²) in [5.74, 6) is 0.0394. The molecule has 0 spiro atoms. The summed E-state index contributed by atoms with van der Waals surface area (Å²) < 4.78 is 0. The second-order valence-corrected chi connectivity index (χ2v) is 1.09. The van der Waals surface area contributed by atoms with Gasteiger partial charge in [-0.15, -0.1) is 0 Å². The van der Waals surface area contributed by atoms with E-state index in [0.29, 0.717) is 0 Å². The molecule has 0 aliphatic carbocycles. The molecule has 0 aromatic heterocycles. The van der Waals surface area contributed by atoms with Gasteiger partial charge in [-0.25, -0.2) is 0 Å². The molecule has 64 valence electrons. The molecule has 0 heterocycles. The molecule has 2 heteroatoms. The van der Waals surface area contributed by atoms with E-state index < -0.39 is 0 Å². The zero-order chi connectivity index (χ0) is 8.99. The van der Waals surface area contributed by atoms with Gasteiger partial charge >= 0.3 is 0 Å². The highest BCUT2D eigenvalue weighted by molar-refractivity contribution is 5.72. The van der Waals surface area contributed by atoms with E-state index in [0.717, 1.165) is 6.54 Å². The lowest BCUT2D eigenvalue weighted by atomic mass is 10.6. The average molecular weight is 147 g/mol. The lowest BCUT2D eigenvalue weighted by Gasteiger charge is -1.88. The van der Waals surface area contributed by atoms with Crippen molar-refractivity contribution < 1.29 is 4.79 Å². The van der Waals surface area contributed by atoms with Crippen molar-refractivity contribution in [3.63, 3.8) is 0 Å². The van der Waals surface area contributed by atoms with E-state index in [1.807, 2.05) is 34.6 Å². The smallest absolute Gasteiger partial charge is 0.216 e. The van der Waals surface area contributed by atoms with Crippen molar-refractivity contribution in [1.82, 2.24) is 5.32 Å². The first-order valence-corrected chi connectivity index (χ1v) is 4.01. The molecule has 1 N–H and O–H groups in total. The molecule has 2 nitrogen and oxygen atoms in total. The first-order valence-electron chi connectivity index (χ1n) is 4.01. The van der Waals surface area contributed by atoms with Crippen molar-refractivity contribution in [1.29, 1.82) is 0 Å². The Labute approximate surface area is 65.0 Å². The maximum absolute atomic E-state index is 9.93. The van der Waals surface area contributed by atoms with Crippen LogP contribution in [0.25, 0.3) is 0 Å². The Bertz CT molecular complexity index is 53.2. The van der Waals surface area contributed by atoms with Gasteiger partial charge < -0.3 is 5.32 Å². The Hall–Kier alpha value is -0.530. The molecule has 0 aliphatic heterocycles. The average Bonchev–Trinajstić information content (AvgIpc) is 1.96. The van der Waals surface area contributed by atoms with Gasteiger partial charge in [-0.2, -0.15) is 0 Å². The summed E-state index contributed by atoms with van der Waals surface area (Å²) in [4.78, 5) is 9.93. The molecule has 0 unspecified atom stereocenters. The van der Waals surface area contributed by atoms with Gasteiger partial charge in [0.25, 0.3) is 0 Å². The SMILES string of the molecule is CC.CC.CCNC(C)=O. The fourth-order valence-corrected chi connectivity index (χ4v) is 0.249. The number of amides is 1. The van der Waals surface area contributed by atoms with Crippen molar-refractivity contribution in [3.05, 3.63) is 0 Å². The maximum Gasteiger partial charge on any atom is 0.216 e. The summed E-state index contributed by atoms with van der Waals surface area (Å²) in [6.07, 6.45) is 0. The van der Waals surface area contributed by atoms with Crippen molar-refractivity contribution >= 4 is 5.91 Å². The Morgan fingerprint density at radius 2 is 1.50 bits per heavy atom. The minimum Gasteiger partial charge on any atom is -0.357 e. The van der Waals surface area contributed by atoms with Crippen LogP contribution < -0.4 is 5.32 Å². The van der Waals surface area contributed by atoms with E-state index in [1.54, 1.807) is 0 Å².